The molecule has 0 heterocycles. The van der Waals surface area contributed by atoms with E-state index in [1.54, 1.807) is 0 Å². The van der Waals surface area contributed by atoms with Gasteiger partial charge in [0, 0.05) is 13.0 Å². The number of esters is 1. The van der Waals surface area contributed by atoms with Gasteiger partial charge in [-0.1, -0.05) is 146 Å². The Kier molecular flexibility index (Phi) is 34.6. The number of unbranched alkanes of at least 4 members (excludes halogenated alkanes) is 18. The number of aliphatic hydroxyl groups is 5. The Bertz CT molecular complexity index is 1160. The molecule has 1 rings (SSSR count). The Morgan fingerprint density at radius 1 is 0.559 bits per heavy atom. The van der Waals surface area contributed by atoms with Gasteiger partial charge in [0.05, 0.1) is 13.2 Å². The minimum absolute atomic E-state index is 0.0888. The highest BCUT2D eigenvalue weighted by Crippen LogP contribution is 2.47. The minimum Gasteiger partial charge on any atom is -0.457 e. The lowest BCUT2D eigenvalue weighted by atomic mass is 9.85. The van der Waals surface area contributed by atoms with Gasteiger partial charge in [-0.3, -0.25) is 13.8 Å². The Morgan fingerprint density at radius 3 is 1.54 bits per heavy atom. The van der Waals surface area contributed by atoms with Crippen molar-refractivity contribution in [2.75, 3.05) is 19.8 Å². The molecule has 0 aromatic carbocycles. The van der Waals surface area contributed by atoms with Crippen LogP contribution in [0.2, 0.25) is 0 Å². The number of aliphatic hydroxyl groups excluding tert-OH is 5. The van der Waals surface area contributed by atoms with E-state index in [2.05, 4.69) is 62.5 Å². The van der Waals surface area contributed by atoms with Gasteiger partial charge in [0.25, 0.3) is 0 Å². The molecular formula is C46H83O12P. The first kappa shape index (κ1) is 55.3. The van der Waals surface area contributed by atoms with Gasteiger partial charge < -0.3 is 39.9 Å². The van der Waals surface area contributed by atoms with Crippen molar-refractivity contribution in [1.82, 2.24) is 0 Å². The second-order valence-corrected chi connectivity index (χ2v) is 17.3. The molecule has 0 spiro atoms. The van der Waals surface area contributed by atoms with Gasteiger partial charge in [-0.25, -0.2) is 4.57 Å². The zero-order chi connectivity index (χ0) is 43.4. The lowest BCUT2D eigenvalue weighted by molar-refractivity contribution is -0.220. The molecular weight excluding hydrogens is 775 g/mol. The first-order chi connectivity index (χ1) is 28.5. The molecule has 1 aliphatic rings. The third-order valence-electron chi connectivity index (χ3n) is 10.4. The van der Waals surface area contributed by atoms with Crippen LogP contribution in [0.1, 0.15) is 174 Å². The summed E-state index contributed by atoms with van der Waals surface area (Å²) in [7, 11) is -5.02. The summed E-state index contributed by atoms with van der Waals surface area (Å²) in [4.78, 5) is 23.1. The second-order valence-electron chi connectivity index (χ2n) is 15.9. The van der Waals surface area contributed by atoms with Crippen molar-refractivity contribution in [2.45, 2.75) is 217 Å². The first-order valence-electron chi connectivity index (χ1n) is 23.0. The number of phosphoric acid groups is 1. The van der Waals surface area contributed by atoms with Gasteiger partial charge >= 0.3 is 13.8 Å². The van der Waals surface area contributed by atoms with Crippen LogP contribution in [0.15, 0.2) is 48.6 Å². The van der Waals surface area contributed by atoms with Crippen molar-refractivity contribution in [3.05, 3.63) is 48.6 Å². The highest BCUT2D eigenvalue weighted by molar-refractivity contribution is 7.47. The maximum atomic E-state index is 12.8. The third kappa shape index (κ3) is 29.3. The summed E-state index contributed by atoms with van der Waals surface area (Å²) in [5.41, 5.74) is 0. The number of carbonyl (C=O) groups excluding carboxylic acids is 1. The molecule has 6 atom stereocenters. The molecule has 13 heteroatoms. The predicted molar refractivity (Wildman–Crippen MR) is 235 cm³/mol. The number of rotatable bonds is 38. The zero-order valence-corrected chi connectivity index (χ0v) is 37.4. The van der Waals surface area contributed by atoms with Crippen molar-refractivity contribution in [3.63, 3.8) is 0 Å². The van der Waals surface area contributed by atoms with Gasteiger partial charge in [0.1, 0.15) is 42.7 Å². The fraction of sp³-hybridized carbons (Fsp3) is 0.804. The summed E-state index contributed by atoms with van der Waals surface area (Å²) in [6.45, 7) is 4.11. The highest BCUT2D eigenvalue weighted by atomic mass is 31.2. The summed E-state index contributed by atoms with van der Waals surface area (Å²) in [6, 6.07) is 0. The van der Waals surface area contributed by atoms with Crippen LogP contribution in [0, 0.1) is 0 Å². The quantitative estimate of drug-likeness (QED) is 0.0150. The Labute approximate surface area is 356 Å². The lowest BCUT2D eigenvalue weighted by Crippen LogP contribution is -2.64. The maximum Gasteiger partial charge on any atom is 0.472 e. The average Bonchev–Trinajstić information content (AvgIpc) is 3.22. The van der Waals surface area contributed by atoms with E-state index in [4.69, 9.17) is 18.5 Å². The molecule has 0 aromatic heterocycles. The molecule has 12 nitrogen and oxygen atoms in total. The molecule has 0 bridgehead atoms. The fourth-order valence-electron chi connectivity index (χ4n) is 6.78. The van der Waals surface area contributed by atoms with Crippen molar-refractivity contribution < 1.29 is 58.3 Å². The Balaban J connectivity index is 2.41. The van der Waals surface area contributed by atoms with Crippen LogP contribution < -0.4 is 0 Å². The van der Waals surface area contributed by atoms with Gasteiger partial charge in [-0.15, -0.1) is 0 Å². The van der Waals surface area contributed by atoms with Crippen molar-refractivity contribution in [1.29, 1.82) is 0 Å². The van der Waals surface area contributed by atoms with Crippen LogP contribution in [-0.2, 0) is 27.9 Å². The van der Waals surface area contributed by atoms with E-state index in [0.717, 1.165) is 83.5 Å². The molecule has 0 aromatic rings. The van der Waals surface area contributed by atoms with E-state index >= 15 is 0 Å². The topological polar surface area (TPSA) is 192 Å². The van der Waals surface area contributed by atoms with E-state index in [9.17, 15) is 39.8 Å². The smallest absolute Gasteiger partial charge is 0.457 e. The van der Waals surface area contributed by atoms with Gasteiger partial charge in [0.15, 0.2) is 0 Å². The summed E-state index contributed by atoms with van der Waals surface area (Å²) >= 11 is 0. The fourth-order valence-corrected chi connectivity index (χ4v) is 7.75. The SMILES string of the molecule is CC/C=C\C/C=C\C/C=C\CCCCCCCC(=O)OC(COCCCCCCCC/C=C\CCCCCCCCC)COP(=O)(O)OC1C(O)C(O)C(O)C(O)C1O. The van der Waals surface area contributed by atoms with Crippen molar-refractivity contribution >= 4 is 13.8 Å². The summed E-state index contributed by atoms with van der Waals surface area (Å²) in [5, 5.41) is 50.2. The molecule has 59 heavy (non-hydrogen) atoms. The molecule has 0 aliphatic heterocycles. The number of hydrogen-bond acceptors (Lipinski definition) is 11. The molecule has 344 valence electrons. The number of allylic oxidation sites excluding steroid dienone is 8. The second kappa shape index (κ2) is 36.9. The van der Waals surface area contributed by atoms with Gasteiger partial charge in [-0.05, 0) is 70.6 Å². The predicted octanol–water partition coefficient (Wildman–Crippen LogP) is 9.25. The number of phosphoric ester groups is 1. The summed E-state index contributed by atoms with van der Waals surface area (Å²) in [6.07, 6.45) is 31.8. The van der Waals surface area contributed by atoms with Crippen molar-refractivity contribution in [3.8, 4) is 0 Å². The number of carbonyl (C=O) groups is 1. The number of hydrogen-bond donors (Lipinski definition) is 6. The molecule has 1 fully saturated rings. The minimum atomic E-state index is -5.02. The summed E-state index contributed by atoms with van der Waals surface area (Å²) in [5.74, 6) is -0.497. The van der Waals surface area contributed by atoms with E-state index < -0.39 is 63.1 Å². The normalized spacial score (nSPS) is 22.9. The Morgan fingerprint density at radius 2 is 1.00 bits per heavy atom. The maximum absolute atomic E-state index is 12.8. The van der Waals surface area contributed by atoms with E-state index in [1.807, 2.05) is 0 Å². The zero-order valence-electron chi connectivity index (χ0n) is 36.5. The first-order valence-corrected chi connectivity index (χ1v) is 24.5. The molecule has 6 unspecified atom stereocenters. The van der Waals surface area contributed by atoms with Crippen LogP contribution in [0.5, 0.6) is 0 Å². The largest absolute Gasteiger partial charge is 0.472 e. The molecule has 1 aliphatic carbocycles. The van der Waals surface area contributed by atoms with Crippen LogP contribution in [0.3, 0.4) is 0 Å². The molecule has 0 radical (unpaired) electrons. The van der Waals surface area contributed by atoms with Crippen LogP contribution in [0.4, 0.5) is 0 Å². The van der Waals surface area contributed by atoms with E-state index in [0.29, 0.717) is 13.0 Å². The molecule has 6 N–H and O–H groups in total. The molecule has 1 saturated carbocycles. The lowest BCUT2D eigenvalue weighted by Gasteiger charge is -2.41. The van der Waals surface area contributed by atoms with Crippen LogP contribution in [0.25, 0.3) is 0 Å². The molecule has 0 saturated heterocycles. The third-order valence-corrected chi connectivity index (χ3v) is 11.4. The van der Waals surface area contributed by atoms with Crippen LogP contribution in [-0.4, -0.2) is 98.9 Å². The molecule has 0 amide bonds. The van der Waals surface area contributed by atoms with Crippen molar-refractivity contribution in [2.24, 2.45) is 0 Å². The van der Waals surface area contributed by atoms with E-state index in [1.165, 1.54) is 64.2 Å². The van der Waals surface area contributed by atoms with Gasteiger partial charge in [-0.2, -0.15) is 0 Å². The average molecular weight is 859 g/mol. The standard InChI is InChI=1S/C46H83O12P/c1-3-5-7-9-11-13-15-17-19-20-22-24-26-28-30-32-34-36-55-37-39(38-56-59(53,54)58-46-44(51)42(49)41(48)43(50)45(46)52)57-40(47)35-33-31-29-27-25-23-21-18-16-14-12-10-8-6-4-2/h6,8,12,14,18-21,39,41-46,48-52H,3-5,7,9-11,13,15-17,22-38H2,1-2H3,(H,53,54)/b8-6-,14-12-,20-19-,21-18-. The van der Waals surface area contributed by atoms with Crippen LogP contribution >= 0.6 is 7.82 Å². The monoisotopic (exact) mass is 859 g/mol. The summed E-state index contributed by atoms with van der Waals surface area (Å²) < 4.78 is 34.1. The van der Waals surface area contributed by atoms with E-state index in [-0.39, 0.29) is 13.0 Å². The number of ether oxygens (including phenoxy) is 2. The highest BCUT2D eigenvalue weighted by Gasteiger charge is 2.51. The Hall–Kier alpha value is -1.70. The van der Waals surface area contributed by atoms with Gasteiger partial charge in [0.2, 0.25) is 0 Å².